The minimum Gasteiger partial charge on any atom is -0.394 e. The Kier molecular flexibility index (Phi) is 4.09. The Hall–Kier alpha value is -1.88. The van der Waals surface area contributed by atoms with Crippen molar-refractivity contribution in [2.75, 3.05) is 30.0 Å². The molecule has 7 N–H and O–H groups in total. The summed E-state index contributed by atoms with van der Waals surface area (Å²) in [7, 11) is 0. The summed E-state index contributed by atoms with van der Waals surface area (Å²) in [5, 5.41) is 40.0. The van der Waals surface area contributed by atoms with E-state index in [4.69, 9.17) is 5.11 Å². The Bertz CT molecular complexity index is 584. The average molecular weight is 288 g/mol. The van der Waals surface area contributed by atoms with Gasteiger partial charge in [0.25, 0.3) is 5.56 Å². The topological polar surface area (TPSA) is 162 Å². The third-order valence-electron chi connectivity index (χ3n) is 3.07. The van der Waals surface area contributed by atoms with Gasteiger partial charge in [0.2, 0.25) is 0 Å². The summed E-state index contributed by atoms with van der Waals surface area (Å²) in [6, 6.07) is 0. The number of nitrogens with one attached hydrogen (secondary N) is 3. The fourth-order valence-electron chi connectivity index (χ4n) is 1.98. The molecule has 3 atom stereocenters. The molecule has 0 saturated heterocycles. The zero-order valence-corrected chi connectivity index (χ0v) is 10.4. The normalized spacial score (nSPS) is 18.3. The largest absolute Gasteiger partial charge is 0.394 e. The van der Waals surface area contributed by atoms with Crippen LogP contribution in [0.15, 0.2) is 9.59 Å². The van der Waals surface area contributed by atoms with Gasteiger partial charge in [0.15, 0.2) is 0 Å². The number of aliphatic hydroxyl groups is 4. The van der Waals surface area contributed by atoms with Crippen molar-refractivity contribution in [1.29, 1.82) is 0 Å². The van der Waals surface area contributed by atoms with Crippen LogP contribution in [0.25, 0.3) is 0 Å². The highest BCUT2D eigenvalue weighted by molar-refractivity contribution is 5.69. The molecule has 0 fully saturated rings. The Morgan fingerprint density at radius 2 is 1.85 bits per heavy atom. The van der Waals surface area contributed by atoms with Crippen LogP contribution in [0.5, 0.6) is 0 Å². The van der Waals surface area contributed by atoms with Gasteiger partial charge in [-0.2, -0.15) is 0 Å². The maximum Gasteiger partial charge on any atom is 0.327 e. The van der Waals surface area contributed by atoms with Gasteiger partial charge >= 0.3 is 5.69 Å². The van der Waals surface area contributed by atoms with Crippen LogP contribution in [-0.4, -0.2) is 68.5 Å². The van der Waals surface area contributed by atoms with Gasteiger partial charge in [-0.15, -0.1) is 0 Å². The van der Waals surface area contributed by atoms with Crippen LogP contribution in [0.2, 0.25) is 0 Å². The first kappa shape index (κ1) is 14.5. The molecule has 20 heavy (non-hydrogen) atoms. The smallest absolute Gasteiger partial charge is 0.327 e. The first-order valence-corrected chi connectivity index (χ1v) is 5.94. The van der Waals surface area contributed by atoms with Crippen molar-refractivity contribution in [3.8, 4) is 0 Å². The summed E-state index contributed by atoms with van der Waals surface area (Å²) in [6.45, 7) is -0.682. The molecule has 1 aliphatic rings. The van der Waals surface area contributed by atoms with Gasteiger partial charge < -0.3 is 30.6 Å². The van der Waals surface area contributed by atoms with Crippen LogP contribution in [0.4, 0.5) is 11.5 Å². The molecule has 1 aromatic rings. The molecule has 0 bridgehead atoms. The van der Waals surface area contributed by atoms with E-state index >= 15 is 0 Å². The Balaban J connectivity index is 2.15. The molecule has 0 aliphatic carbocycles. The molecular weight excluding hydrogens is 272 g/mol. The standard InChI is InChI=1S/C10H16N4O6/c15-2-5(17)7(18)4(16)1-14-3-11-6-8(14)12-10(20)13-9(6)19/h4-5,7,11,15-18H,1-3H2,(H2,12,13,19,20)/t4?,5?,7-/m0/s1. The number of nitrogens with zero attached hydrogens (tertiary/aromatic N) is 1. The molecule has 1 aromatic heterocycles. The number of rotatable bonds is 5. The molecule has 0 radical (unpaired) electrons. The van der Waals surface area contributed by atoms with E-state index in [1.807, 2.05) is 0 Å². The average Bonchev–Trinajstić information content (AvgIpc) is 2.80. The molecule has 2 rings (SSSR count). The van der Waals surface area contributed by atoms with Gasteiger partial charge in [-0.05, 0) is 0 Å². The monoisotopic (exact) mass is 288 g/mol. The highest BCUT2D eigenvalue weighted by Gasteiger charge is 2.30. The fraction of sp³-hybridized carbons (Fsp3) is 0.600. The van der Waals surface area contributed by atoms with Crippen molar-refractivity contribution in [2.45, 2.75) is 18.3 Å². The van der Waals surface area contributed by atoms with Crippen molar-refractivity contribution in [3.05, 3.63) is 20.8 Å². The molecule has 10 heteroatoms. The van der Waals surface area contributed by atoms with E-state index in [0.29, 0.717) is 0 Å². The third kappa shape index (κ3) is 2.67. The first-order valence-electron chi connectivity index (χ1n) is 5.94. The Labute approximate surface area is 112 Å². The van der Waals surface area contributed by atoms with Crippen LogP contribution in [0.1, 0.15) is 0 Å². The minimum atomic E-state index is -1.54. The van der Waals surface area contributed by atoms with E-state index in [1.54, 1.807) is 0 Å². The first-order chi connectivity index (χ1) is 9.43. The van der Waals surface area contributed by atoms with Crippen molar-refractivity contribution >= 4 is 11.5 Å². The SMILES string of the molecule is O=c1[nH]c2c(c(=O)[nH]1)NCN2CC(O)[C@H](O)C(O)CO. The highest BCUT2D eigenvalue weighted by Crippen LogP contribution is 2.23. The molecule has 0 aromatic carbocycles. The number of hydrogen-bond donors (Lipinski definition) is 7. The number of H-pyrrole nitrogens is 2. The maximum absolute atomic E-state index is 11.5. The summed E-state index contributed by atoms with van der Waals surface area (Å²) in [6.07, 6.45) is -4.39. The van der Waals surface area contributed by atoms with Crippen LogP contribution in [0.3, 0.4) is 0 Å². The molecule has 1 aliphatic heterocycles. The molecule has 0 spiro atoms. The minimum absolute atomic E-state index is 0.141. The molecule has 0 saturated carbocycles. The molecular formula is C10H16N4O6. The van der Waals surface area contributed by atoms with Crippen LogP contribution in [-0.2, 0) is 0 Å². The highest BCUT2D eigenvalue weighted by atomic mass is 16.4. The quantitative estimate of drug-likeness (QED) is 0.291. The number of aliphatic hydroxyl groups excluding tert-OH is 4. The van der Waals surface area contributed by atoms with Gasteiger partial charge in [0.1, 0.15) is 29.8 Å². The van der Waals surface area contributed by atoms with Crippen molar-refractivity contribution in [1.82, 2.24) is 9.97 Å². The third-order valence-corrected chi connectivity index (χ3v) is 3.07. The lowest BCUT2D eigenvalue weighted by atomic mass is 10.1. The van der Waals surface area contributed by atoms with Gasteiger partial charge in [0.05, 0.1) is 13.3 Å². The fourth-order valence-corrected chi connectivity index (χ4v) is 1.98. The van der Waals surface area contributed by atoms with Crippen LogP contribution >= 0.6 is 0 Å². The maximum atomic E-state index is 11.5. The van der Waals surface area contributed by atoms with E-state index in [-0.39, 0.29) is 24.7 Å². The lowest BCUT2D eigenvalue weighted by molar-refractivity contribution is -0.0730. The number of hydrogen-bond acceptors (Lipinski definition) is 8. The zero-order chi connectivity index (χ0) is 14.9. The van der Waals surface area contributed by atoms with Crippen molar-refractivity contribution in [3.63, 3.8) is 0 Å². The molecule has 0 amide bonds. The summed E-state index contributed by atoms with van der Waals surface area (Å²) in [4.78, 5) is 28.6. The molecule has 10 nitrogen and oxygen atoms in total. The predicted molar refractivity (Wildman–Crippen MR) is 68.6 cm³/mol. The lowest BCUT2D eigenvalue weighted by Gasteiger charge is -2.26. The van der Waals surface area contributed by atoms with E-state index < -0.39 is 36.2 Å². The van der Waals surface area contributed by atoms with Crippen LogP contribution in [0, 0.1) is 0 Å². The second kappa shape index (κ2) is 5.63. The van der Waals surface area contributed by atoms with Crippen molar-refractivity contribution in [2.24, 2.45) is 0 Å². The molecule has 2 heterocycles. The van der Waals surface area contributed by atoms with E-state index in [9.17, 15) is 24.9 Å². The van der Waals surface area contributed by atoms with Gasteiger partial charge in [0, 0.05) is 6.54 Å². The number of β-amino-alcohol motifs (C(OH)–C–C–N with tert-alkyl or cyclic N) is 1. The van der Waals surface area contributed by atoms with Crippen molar-refractivity contribution < 1.29 is 20.4 Å². The second-order valence-electron chi connectivity index (χ2n) is 4.50. The van der Waals surface area contributed by atoms with Crippen LogP contribution < -0.4 is 21.5 Å². The number of fused-ring (bicyclic) bond motifs is 1. The molecule has 112 valence electrons. The number of anilines is 2. The lowest BCUT2D eigenvalue weighted by Crippen LogP contribution is -2.46. The Morgan fingerprint density at radius 1 is 1.15 bits per heavy atom. The number of aromatic nitrogens is 2. The van der Waals surface area contributed by atoms with Gasteiger partial charge in [-0.1, -0.05) is 0 Å². The Morgan fingerprint density at radius 3 is 2.50 bits per heavy atom. The van der Waals surface area contributed by atoms with E-state index in [0.717, 1.165) is 0 Å². The summed E-state index contributed by atoms with van der Waals surface area (Å²) in [5.74, 6) is 0.198. The summed E-state index contributed by atoms with van der Waals surface area (Å²) >= 11 is 0. The van der Waals surface area contributed by atoms with Gasteiger partial charge in [-0.25, -0.2) is 4.79 Å². The summed E-state index contributed by atoms with van der Waals surface area (Å²) < 4.78 is 0. The number of aromatic amines is 2. The molecule has 2 unspecified atom stereocenters. The summed E-state index contributed by atoms with van der Waals surface area (Å²) in [5.41, 5.74) is -1.11. The van der Waals surface area contributed by atoms with E-state index in [2.05, 4.69) is 15.3 Å². The zero-order valence-electron chi connectivity index (χ0n) is 10.4. The van der Waals surface area contributed by atoms with Gasteiger partial charge in [-0.3, -0.25) is 14.8 Å². The van der Waals surface area contributed by atoms with E-state index in [1.165, 1.54) is 4.90 Å². The predicted octanol–water partition coefficient (Wildman–Crippen LogP) is -3.67. The second-order valence-corrected chi connectivity index (χ2v) is 4.50.